The topological polar surface area (TPSA) is 42.4 Å². The minimum atomic E-state index is -0.0312. The Hall–Kier alpha value is -1.96. The predicted octanol–water partition coefficient (Wildman–Crippen LogP) is 0.458. The van der Waals surface area contributed by atoms with Crippen molar-refractivity contribution in [3.63, 3.8) is 0 Å². The predicted molar refractivity (Wildman–Crippen MR) is 37.0 cm³/mol. The van der Waals surface area contributed by atoms with Gasteiger partial charge in [0.1, 0.15) is 0 Å². The second-order valence-electron chi connectivity index (χ2n) is 2.43. The van der Waals surface area contributed by atoms with Gasteiger partial charge in [0.2, 0.25) is 0 Å². The molecule has 4 nitrogen and oxygen atoms in total. The van der Waals surface area contributed by atoms with E-state index in [1.165, 1.54) is 0 Å². The van der Waals surface area contributed by atoms with E-state index in [4.69, 9.17) is 3.56 Å². The minimum absolute atomic E-state index is 0.0312. The molecule has 67 valence electrons. The molecule has 0 atom stereocenters. The van der Waals surface area contributed by atoms with Crippen molar-refractivity contribution in [1.82, 2.24) is 10.3 Å². The Labute approximate surface area is 80.4 Å². The van der Waals surface area contributed by atoms with Crippen LogP contribution in [0.3, 0.4) is 0 Å². The molecule has 1 amide bonds. The van der Waals surface area contributed by atoms with Gasteiger partial charge >= 0.3 is 80.0 Å². The van der Waals surface area contributed by atoms with Crippen LogP contribution in [-0.2, 0) is 18.7 Å². The molecule has 1 aromatic rings. The summed E-state index contributed by atoms with van der Waals surface area (Å²) in [5, 5.41) is 1.68. The number of hydrogen-bond donors (Lipinski definition) is 0. The van der Waals surface area contributed by atoms with Crippen molar-refractivity contribution in [2.75, 3.05) is 7.05 Å². The van der Waals surface area contributed by atoms with E-state index in [0.29, 0.717) is 11.4 Å². The number of nitrogens with zero attached hydrogens (tertiary/aromatic N) is 2. The standard InChI is InChI=1S/C7H8N2O2.Rf.Rh/c1-8-6(10)5-3-2-4-9-7(5)11;;/h2-4H,1H3,(H2,8,9,10,11);;/q;2*+1/p-2. The van der Waals surface area contributed by atoms with Crippen molar-refractivity contribution in [3.05, 3.63) is 23.9 Å². The van der Waals surface area contributed by atoms with Gasteiger partial charge in [-0.2, -0.15) is 0 Å². The van der Waals surface area contributed by atoms with Gasteiger partial charge in [0, 0.05) is 0 Å². The van der Waals surface area contributed by atoms with E-state index in [0.717, 1.165) is 0 Å². The van der Waals surface area contributed by atoms with E-state index in [1.807, 2.05) is 0 Å². The molecule has 0 saturated carbocycles. The van der Waals surface area contributed by atoms with Crippen LogP contribution < -0.4 is 3.56 Å². The van der Waals surface area contributed by atoms with Crippen LogP contribution in [0.1, 0.15) is 10.4 Å². The van der Waals surface area contributed by atoms with Crippen LogP contribution in [0.4, 0.5) is 0 Å². The summed E-state index contributed by atoms with van der Waals surface area (Å²) in [5.74, 6) is 0.316. The first kappa shape index (κ1) is 9.13. The molecule has 0 spiro atoms. The molecule has 1 heterocycles. The van der Waals surface area contributed by atoms with Gasteiger partial charge in [0.05, 0.1) is 0 Å². The quantitative estimate of drug-likeness (QED) is 0.533. The van der Waals surface area contributed by atoms with Crippen LogP contribution in [0.15, 0.2) is 18.3 Å². The van der Waals surface area contributed by atoms with Crippen molar-refractivity contribution < 1.29 is 27.0 Å². The van der Waals surface area contributed by atoms with Crippen LogP contribution in [0.5, 0.6) is 5.88 Å². The first-order chi connectivity index (χ1) is 6.16. The average Bonchev–Trinajstić information content (AvgIpc) is 2.16. The molecule has 0 radical (unpaired) electrons. The molecule has 0 aromatic carbocycles. The number of aromatic nitrogens is 1. The Morgan fingerprint density at radius 1 is 1.77 bits per heavy atom. The van der Waals surface area contributed by atoms with Gasteiger partial charge < -0.3 is 0 Å². The van der Waals surface area contributed by atoms with Gasteiger partial charge in [-0.1, -0.05) is 0 Å². The summed E-state index contributed by atoms with van der Waals surface area (Å²) in [5.41, 5.74) is 0.506. The van der Waals surface area contributed by atoms with Crippen molar-refractivity contribution in [1.29, 1.82) is 0 Å². The number of pyridine rings is 1. The van der Waals surface area contributed by atoms with E-state index in [1.54, 1.807) is 30.7 Å². The summed E-state index contributed by atoms with van der Waals surface area (Å²) in [7, 11) is 1.77. The maximum atomic E-state index is 11.6. The summed E-state index contributed by atoms with van der Waals surface area (Å²) < 4.78 is 5.04. The van der Waals surface area contributed by atoms with E-state index >= 15 is 0 Å². The van der Waals surface area contributed by atoms with E-state index in [9.17, 15) is 4.79 Å². The first-order valence-electron chi connectivity index (χ1n) is 3.47. The third kappa shape index (κ3) is 1.79. The van der Waals surface area contributed by atoms with Gasteiger partial charge in [-0.05, 0) is 0 Å². The number of hydrogen-bond acceptors (Lipinski definition) is 3. The summed E-state index contributed by atoms with van der Waals surface area (Å²) in [6, 6.07) is 3.42. The van der Waals surface area contributed by atoms with Gasteiger partial charge in [0.25, 0.3) is 0 Å². The Morgan fingerprint density at radius 2 is 2.46 bits per heavy atom. The molecule has 0 aliphatic rings. The van der Waals surface area contributed by atoms with Crippen molar-refractivity contribution >= 4 is 5.91 Å². The molecule has 0 saturated heterocycles. The second kappa shape index (κ2) is 3.63. The van der Waals surface area contributed by atoms with Crippen LogP contribution in [0, 0.1) is 0 Å². The molecule has 1 aromatic heterocycles. The molecule has 13 heavy (non-hydrogen) atoms. The number of carbonyl (C=O) groups is 1. The third-order valence-electron chi connectivity index (χ3n) is 1.41. The fourth-order valence-electron chi connectivity index (χ4n) is 0.813. The van der Waals surface area contributed by atoms with E-state index < -0.39 is 0 Å². The fourth-order valence-corrected chi connectivity index (χ4v) is 1.85. The van der Waals surface area contributed by atoms with Gasteiger partial charge in [-0.3, -0.25) is 0 Å². The van der Waals surface area contributed by atoms with Crippen LogP contribution in [0.2, 0.25) is 0 Å². The van der Waals surface area contributed by atoms with Gasteiger partial charge in [-0.25, -0.2) is 0 Å². The zero-order chi connectivity index (χ0) is 9.84. The van der Waals surface area contributed by atoms with Crippen LogP contribution >= 0.6 is 0 Å². The van der Waals surface area contributed by atoms with Crippen molar-refractivity contribution in [2.45, 2.75) is 0 Å². The van der Waals surface area contributed by atoms with Crippen LogP contribution in [-0.4, -0.2) is 23.3 Å². The first-order valence-corrected chi connectivity index (χ1v) is 7.00. The molecule has 0 unspecified atom stereocenters. The summed E-state index contributed by atoms with van der Waals surface area (Å²) in [4.78, 5) is 15.5. The summed E-state index contributed by atoms with van der Waals surface area (Å²) in [6.45, 7) is 0. The fraction of sp³-hybridized carbons (Fsp3) is 0.143. The number of carbonyl (C=O) groups excluding carboxylic acids is 1. The molecule has 0 fully saturated rings. The normalized spacial score (nSPS) is 9.62. The Kier molecular flexibility index (Phi) is 2.55. The molecule has 0 aliphatic heterocycles. The van der Waals surface area contributed by atoms with Crippen molar-refractivity contribution in [3.8, 4) is 5.88 Å². The molecule has 0 aliphatic carbocycles. The SMILES string of the molecule is C[N]([Rf])C(=O)c1cccnc1[O][Rh]. The molecular formula is C7H6N2O2RfRh. The number of amides is 1. The van der Waals surface area contributed by atoms with E-state index in [2.05, 4.69) is 23.6 Å². The Bertz CT molecular complexity index is 319. The van der Waals surface area contributed by atoms with E-state index in [-0.39, 0.29) is 5.91 Å². The Balaban J connectivity index is 3.06. The second-order valence-corrected chi connectivity index (χ2v) is 7.05. The monoisotopic (exact) mass is 520 g/mol. The van der Waals surface area contributed by atoms with Crippen LogP contribution in [0.25, 0.3) is 0 Å². The molecular weight excluding hydrogens is 514 g/mol. The molecule has 6 heteroatoms. The number of rotatable bonds is 2. The molecule has 0 N–H and O–H groups in total. The molecule has 1 rings (SSSR count). The average molecular weight is 520 g/mol. The van der Waals surface area contributed by atoms with Gasteiger partial charge in [0.15, 0.2) is 0 Å². The zero-order valence-electron chi connectivity index (χ0n) is 6.98. The summed E-state index contributed by atoms with van der Waals surface area (Å²) >= 11 is 2.27. The summed E-state index contributed by atoms with van der Waals surface area (Å²) in [6.07, 6.45) is 1.59. The molecule has 0 bridgehead atoms. The maximum absolute atomic E-state index is 11.6. The third-order valence-corrected chi connectivity index (χ3v) is 3.03. The zero-order valence-corrected chi connectivity index (χ0v) is 15.0. The van der Waals surface area contributed by atoms with Gasteiger partial charge in [-0.15, -0.1) is 0 Å². The van der Waals surface area contributed by atoms with Crippen molar-refractivity contribution in [2.24, 2.45) is 0 Å². The Morgan fingerprint density at radius 3 is 3.00 bits per heavy atom.